The number of para-hydroxylation sites is 1. The molecule has 0 aliphatic heterocycles. The highest BCUT2D eigenvalue weighted by Crippen LogP contribution is 2.28. The van der Waals surface area contributed by atoms with E-state index in [4.69, 9.17) is 0 Å². The van der Waals surface area contributed by atoms with Crippen LogP contribution in [0.3, 0.4) is 0 Å². The number of hydrogen-bond donors (Lipinski definition) is 1. The Morgan fingerprint density at radius 1 is 0.949 bits per heavy atom. The first-order valence-electron chi connectivity index (χ1n) is 12.6. The minimum Gasteiger partial charge on any atom is -0.352 e. The average Bonchev–Trinajstić information content (AvgIpc) is 2.90. The van der Waals surface area contributed by atoms with Crippen LogP contribution in [0.5, 0.6) is 0 Å². The molecule has 3 aromatic rings. The van der Waals surface area contributed by atoms with Gasteiger partial charge in [0.15, 0.2) is 0 Å². The standard InChI is InChI=1S/C29H33BrFN3O4S/c1-4-21(2)32-29(36)27(18-22-10-6-5-7-11-22)33(19-23-14-16-24(31)17-15-23)28(35)20-34(39(3,37)38)26-13-9-8-12-25(26)30/h5-17,21,27H,4,18-20H2,1-3H3,(H,32,36)/t21-,27+/m1/s1. The van der Waals surface area contributed by atoms with Crippen molar-refractivity contribution in [2.75, 3.05) is 17.1 Å². The number of halogens is 2. The lowest BCUT2D eigenvalue weighted by atomic mass is 10.0. The van der Waals surface area contributed by atoms with Gasteiger partial charge in [-0.15, -0.1) is 0 Å². The summed E-state index contributed by atoms with van der Waals surface area (Å²) in [5.41, 5.74) is 1.74. The van der Waals surface area contributed by atoms with Crippen LogP contribution in [0.2, 0.25) is 0 Å². The Hall–Kier alpha value is -3.24. The molecule has 3 rings (SSSR count). The zero-order chi connectivity index (χ0) is 28.6. The van der Waals surface area contributed by atoms with Gasteiger partial charge in [-0.25, -0.2) is 12.8 Å². The van der Waals surface area contributed by atoms with Gasteiger partial charge in [0.25, 0.3) is 0 Å². The fourth-order valence-corrected chi connectivity index (χ4v) is 5.51. The van der Waals surface area contributed by atoms with Gasteiger partial charge < -0.3 is 10.2 Å². The van der Waals surface area contributed by atoms with Gasteiger partial charge in [-0.3, -0.25) is 13.9 Å². The monoisotopic (exact) mass is 617 g/mol. The number of sulfonamides is 1. The van der Waals surface area contributed by atoms with Crippen molar-refractivity contribution in [2.24, 2.45) is 0 Å². The molecule has 0 fully saturated rings. The summed E-state index contributed by atoms with van der Waals surface area (Å²) in [6, 6.07) is 20.6. The molecular weight excluding hydrogens is 585 g/mol. The third-order valence-electron chi connectivity index (χ3n) is 6.34. The predicted molar refractivity (Wildman–Crippen MR) is 155 cm³/mol. The molecule has 0 aliphatic carbocycles. The highest BCUT2D eigenvalue weighted by Gasteiger charge is 2.33. The van der Waals surface area contributed by atoms with E-state index in [2.05, 4.69) is 21.2 Å². The number of rotatable bonds is 12. The minimum absolute atomic E-state index is 0.0158. The second kappa shape index (κ2) is 13.7. The lowest BCUT2D eigenvalue weighted by molar-refractivity contribution is -0.140. The number of benzene rings is 3. The Morgan fingerprint density at radius 3 is 2.15 bits per heavy atom. The lowest BCUT2D eigenvalue weighted by Crippen LogP contribution is -2.54. The Kier molecular flexibility index (Phi) is 10.7. The van der Waals surface area contributed by atoms with E-state index in [1.165, 1.54) is 17.0 Å². The molecule has 0 bridgehead atoms. The molecule has 1 N–H and O–H groups in total. The van der Waals surface area contributed by atoms with Gasteiger partial charge in [0.1, 0.15) is 18.4 Å². The number of amides is 2. The molecule has 0 saturated heterocycles. The Bertz CT molecular complexity index is 1370. The van der Waals surface area contributed by atoms with Crippen molar-refractivity contribution in [3.05, 3.63) is 100 Å². The molecule has 39 heavy (non-hydrogen) atoms. The van der Waals surface area contributed by atoms with Crippen molar-refractivity contribution < 1.29 is 22.4 Å². The molecule has 0 radical (unpaired) electrons. The van der Waals surface area contributed by atoms with Crippen LogP contribution in [0.4, 0.5) is 10.1 Å². The van der Waals surface area contributed by atoms with Crippen LogP contribution in [-0.2, 0) is 32.6 Å². The number of nitrogens with one attached hydrogen (secondary N) is 1. The van der Waals surface area contributed by atoms with Gasteiger partial charge in [-0.2, -0.15) is 0 Å². The first kappa shape index (κ1) is 30.3. The van der Waals surface area contributed by atoms with Gasteiger partial charge >= 0.3 is 0 Å². The molecular formula is C29H33BrFN3O4S. The quantitative estimate of drug-likeness (QED) is 0.313. The highest BCUT2D eigenvalue weighted by molar-refractivity contribution is 9.10. The third-order valence-corrected chi connectivity index (χ3v) is 8.14. The van der Waals surface area contributed by atoms with E-state index in [1.54, 1.807) is 36.4 Å². The summed E-state index contributed by atoms with van der Waals surface area (Å²) in [6.07, 6.45) is 1.94. The summed E-state index contributed by atoms with van der Waals surface area (Å²) in [5.74, 6) is -1.35. The van der Waals surface area contributed by atoms with Crippen molar-refractivity contribution in [1.82, 2.24) is 10.2 Å². The summed E-state index contributed by atoms with van der Waals surface area (Å²) in [7, 11) is -3.87. The largest absolute Gasteiger partial charge is 0.352 e. The smallest absolute Gasteiger partial charge is 0.244 e. The SMILES string of the molecule is CC[C@@H](C)NC(=O)[C@H](Cc1ccccc1)N(Cc1ccc(F)cc1)C(=O)CN(c1ccccc1Br)S(C)(=O)=O. The topological polar surface area (TPSA) is 86.8 Å². The molecule has 208 valence electrons. The van der Waals surface area contributed by atoms with Gasteiger partial charge in [-0.1, -0.05) is 61.5 Å². The van der Waals surface area contributed by atoms with Crippen molar-refractivity contribution in [1.29, 1.82) is 0 Å². The van der Waals surface area contributed by atoms with E-state index in [0.29, 0.717) is 22.1 Å². The van der Waals surface area contributed by atoms with Crippen LogP contribution >= 0.6 is 15.9 Å². The van der Waals surface area contributed by atoms with Crippen molar-refractivity contribution >= 4 is 43.5 Å². The second-order valence-electron chi connectivity index (χ2n) is 9.39. The molecule has 2 atom stereocenters. The van der Waals surface area contributed by atoms with Crippen LogP contribution in [0, 0.1) is 5.82 Å². The molecule has 2 amide bonds. The Balaban J connectivity index is 2.06. The fraction of sp³-hybridized carbons (Fsp3) is 0.310. The number of anilines is 1. The number of nitrogens with zero attached hydrogens (tertiary/aromatic N) is 2. The van der Waals surface area contributed by atoms with E-state index in [0.717, 1.165) is 16.1 Å². The molecule has 0 heterocycles. The van der Waals surface area contributed by atoms with E-state index < -0.39 is 34.3 Å². The van der Waals surface area contributed by atoms with Crippen LogP contribution in [0.1, 0.15) is 31.4 Å². The van der Waals surface area contributed by atoms with Crippen molar-refractivity contribution in [3.8, 4) is 0 Å². The van der Waals surface area contributed by atoms with E-state index >= 15 is 0 Å². The van der Waals surface area contributed by atoms with Crippen molar-refractivity contribution in [3.63, 3.8) is 0 Å². The van der Waals surface area contributed by atoms with E-state index in [-0.39, 0.29) is 24.9 Å². The number of hydrogen-bond acceptors (Lipinski definition) is 4. The maximum absolute atomic E-state index is 14.0. The molecule has 3 aromatic carbocycles. The minimum atomic E-state index is -3.87. The van der Waals surface area contributed by atoms with Crippen LogP contribution < -0.4 is 9.62 Å². The molecule has 0 aromatic heterocycles. The van der Waals surface area contributed by atoms with Crippen LogP contribution in [0.15, 0.2) is 83.3 Å². The van der Waals surface area contributed by atoms with Gasteiger partial charge in [-0.05, 0) is 64.7 Å². The van der Waals surface area contributed by atoms with Crippen molar-refractivity contribution in [2.45, 2.75) is 45.3 Å². The fourth-order valence-electron chi connectivity index (χ4n) is 4.03. The molecule has 10 heteroatoms. The van der Waals surface area contributed by atoms with Gasteiger partial charge in [0.2, 0.25) is 21.8 Å². The summed E-state index contributed by atoms with van der Waals surface area (Å²) in [6.45, 7) is 3.28. The van der Waals surface area contributed by atoms with Gasteiger partial charge in [0, 0.05) is 23.5 Å². The number of carbonyl (C=O) groups excluding carboxylic acids is 2. The zero-order valence-corrected chi connectivity index (χ0v) is 24.6. The normalized spacial score (nSPS) is 12.8. The lowest BCUT2D eigenvalue weighted by Gasteiger charge is -2.34. The average molecular weight is 619 g/mol. The summed E-state index contributed by atoms with van der Waals surface area (Å²) in [4.78, 5) is 29.0. The second-order valence-corrected chi connectivity index (χ2v) is 12.2. The summed E-state index contributed by atoms with van der Waals surface area (Å²) in [5, 5.41) is 2.97. The van der Waals surface area contributed by atoms with E-state index in [9.17, 15) is 22.4 Å². The molecule has 0 spiro atoms. The zero-order valence-electron chi connectivity index (χ0n) is 22.2. The highest BCUT2D eigenvalue weighted by atomic mass is 79.9. The summed E-state index contributed by atoms with van der Waals surface area (Å²) >= 11 is 3.38. The van der Waals surface area contributed by atoms with E-state index in [1.807, 2.05) is 44.2 Å². The molecule has 0 unspecified atom stereocenters. The molecule has 0 aliphatic rings. The maximum Gasteiger partial charge on any atom is 0.244 e. The third kappa shape index (κ3) is 8.63. The van der Waals surface area contributed by atoms with Crippen LogP contribution in [0.25, 0.3) is 0 Å². The van der Waals surface area contributed by atoms with Crippen LogP contribution in [-0.4, -0.2) is 50.0 Å². The maximum atomic E-state index is 14.0. The first-order valence-corrected chi connectivity index (χ1v) is 15.2. The molecule has 7 nitrogen and oxygen atoms in total. The summed E-state index contributed by atoms with van der Waals surface area (Å²) < 4.78 is 40.8. The Morgan fingerprint density at radius 2 is 1.56 bits per heavy atom. The Labute approximate surface area is 238 Å². The predicted octanol–water partition coefficient (Wildman–Crippen LogP) is 4.91. The first-order chi connectivity index (χ1) is 18.5. The molecule has 0 saturated carbocycles. The van der Waals surface area contributed by atoms with Gasteiger partial charge in [0.05, 0.1) is 11.9 Å². The number of carbonyl (C=O) groups is 2.